The summed E-state index contributed by atoms with van der Waals surface area (Å²) in [5, 5.41) is 0. The summed E-state index contributed by atoms with van der Waals surface area (Å²) >= 11 is 0. The Balaban J connectivity index is 1.80. The van der Waals surface area contributed by atoms with E-state index >= 15 is 0 Å². The number of hydrogen-bond donors (Lipinski definition) is 0. The fraction of sp³-hybridized carbons (Fsp3) is 0.259. The highest BCUT2D eigenvalue weighted by Gasteiger charge is 2.61. The van der Waals surface area contributed by atoms with Crippen LogP contribution in [0.5, 0.6) is 0 Å². The van der Waals surface area contributed by atoms with Crippen LogP contribution >= 0.6 is 0 Å². The van der Waals surface area contributed by atoms with E-state index < -0.39 is 35.0 Å². The number of rotatable bonds is 4. The van der Waals surface area contributed by atoms with E-state index in [1.807, 2.05) is 55.5 Å². The second-order valence-corrected chi connectivity index (χ2v) is 8.70. The summed E-state index contributed by atoms with van der Waals surface area (Å²) in [6, 6.07) is 16.5. The Morgan fingerprint density at radius 1 is 1.09 bits per heavy atom. The highest BCUT2D eigenvalue weighted by molar-refractivity contribution is 6.03. The number of ether oxygens (including phenoxy) is 1. The van der Waals surface area contributed by atoms with Crippen molar-refractivity contribution < 1.29 is 23.1 Å². The topological polar surface area (TPSA) is 46.6 Å². The Morgan fingerprint density at radius 3 is 2.55 bits per heavy atom. The van der Waals surface area contributed by atoms with Gasteiger partial charge in [0.05, 0.1) is 12.6 Å². The van der Waals surface area contributed by atoms with Crippen LogP contribution < -0.4 is 0 Å². The maximum atomic E-state index is 14.5. The van der Waals surface area contributed by atoms with Gasteiger partial charge in [0.2, 0.25) is 0 Å². The number of fused-ring (bicyclic) bond motifs is 5. The van der Waals surface area contributed by atoms with E-state index in [2.05, 4.69) is 0 Å². The maximum absolute atomic E-state index is 14.5. The van der Waals surface area contributed by atoms with Crippen LogP contribution in [0.4, 0.5) is 8.78 Å². The third-order valence-corrected chi connectivity index (χ3v) is 6.71. The minimum absolute atomic E-state index is 0.00124. The van der Waals surface area contributed by atoms with Crippen molar-refractivity contribution in [1.29, 1.82) is 0 Å². The lowest BCUT2D eigenvalue weighted by molar-refractivity contribution is -0.153. The van der Waals surface area contributed by atoms with Crippen molar-refractivity contribution in [3.8, 4) is 0 Å². The molecule has 3 aromatic rings. The Morgan fingerprint density at radius 2 is 1.82 bits per heavy atom. The number of nitrogens with zero attached hydrogens (tertiary/aromatic N) is 1. The smallest absolute Gasteiger partial charge is 0.319 e. The third kappa shape index (κ3) is 3.16. The Hall–Kier alpha value is -3.54. The molecule has 1 amide bonds. The first-order chi connectivity index (χ1) is 15.9. The van der Waals surface area contributed by atoms with Gasteiger partial charge in [0.1, 0.15) is 5.41 Å². The molecule has 0 spiro atoms. The van der Waals surface area contributed by atoms with Gasteiger partial charge in [0.25, 0.3) is 5.91 Å². The number of esters is 1. The number of aryl methyl sites for hydroxylation is 1. The molecule has 1 heterocycles. The largest absolute Gasteiger partial charge is 0.465 e. The van der Waals surface area contributed by atoms with Crippen LogP contribution in [-0.2, 0) is 27.9 Å². The van der Waals surface area contributed by atoms with Gasteiger partial charge in [-0.25, -0.2) is 8.78 Å². The molecule has 2 atom stereocenters. The lowest BCUT2D eigenvalue weighted by atomic mass is 9.69. The molecule has 0 unspecified atom stereocenters. The minimum Gasteiger partial charge on any atom is -0.465 e. The molecule has 0 bridgehead atoms. The molecule has 0 saturated heterocycles. The molecular weight excluding hydrogens is 424 g/mol. The molecule has 0 N–H and O–H groups in total. The van der Waals surface area contributed by atoms with Crippen LogP contribution in [0.15, 0.2) is 60.7 Å². The van der Waals surface area contributed by atoms with Crippen LogP contribution in [0.2, 0.25) is 0 Å². The van der Waals surface area contributed by atoms with E-state index in [9.17, 15) is 18.4 Å². The number of carbonyl (C=O) groups excluding carboxylic acids is 2. The third-order valence-electron chi connectivity index (χ3n) is 6.71. The number of carbonyl (C=O) groups is 2. The molecule has 1 aliphatic heterocycles. The molecule has 0 saturated carbocycles. The van der Waals surface area contributed by atoms with Gasteiger partial charge in [-0.2, -0.15) is 0 Å². The molecule has 168 valence electrons. The molecular formula is C27H23F2NO3. The van der Waals surface area contributed by atoms with Gasteiger partial charge >= 0.3 is 5.97 Å². The average Bonchev–Trinajstić information content (AvgIpc) is 3.14. The highest BCUT2D eigenvalue weighted by atomic mass is 19.2. The predicted molar refractivity (Wildman–Crippen MR) is 119 cm³/mol. The van der Waals surface area contributed by atoms with Crippen molar-refractivity contribution in [3.05, 3.63) is 106 Å². The molecule has 4 nitrogen and oxygen atoms in total. The summed E-state index contributed by atoms with van der Waals surface area (Å²) in [5.41, 5.74) is 2.43. The first kappa shape index (κ1) is 21.3. The Bertz CT molecular complexity index is 1270. The average molecular weight is 447 g/mol. The molecule has 0 aromatic heterocycles. The summed E-state index contributed by atoms with van der Waals surface area (Å²) in [6.45, 7) is 4.01. The van der Waals surface area contributed by atoms with Gasteiger partial charge < -0.3 is 9.64 Å². The summed E-state index contributed by atoms with van der Waals surface area (Å²) < 4.78 is 34.3. The van der Waals surface area contributed by atoms with Crippen LogP contribution in [0.1, 0.15) is 51.1 Å². The molecule has 2 aliphatic rings. The van der Waals surface area contributed by atoms with Crippen molar-refractivity contribution in [1.82, 2.24) is 4.90 Å². The zero-order chi connectivity index (χ0) is 23.3. The number of benzene rings is 3. The van der Waals surface area contributed by atoms with Gasteiger partial charge in [-0.05, 0) is 54.7 Å². The number of halogens is 2. The predicted octanol–water partition coefficient (Wildman–Crippen LogP) is 5.03. The summed E-state index contributed by atoms with van der Waals surface area (Å²) in [6.07, 6.45) is 0.240. The molecule has 1 aliphatic carbocycles. The quantitative estimate of drug-likeness (QED) is 0.527. The van der Waals surface area contributed by atoms with E-state index in [-0.39, 0.29) is 30.7 Å². The second-order valence-electron chi connectivity index (χ2n) is 8.70. The van der Waals surface area contributed by atoms with Gasteiger partial charge in [-0.3, -0.25) is 9.59 Å². The van der Waals surface area contributed by atoms with E-state index in [1.165, 1.54) is 0 Å². The number of hydrogen-bond acceptors (Lipinski definition) is 3. The van der Waals surface area contributed by atoms with Crippen LogP contribution in [0, 0.1) is 18.6 Å². The zero-order valence-corrected chi connectivity index (χ0v) is 18.4. The normalized spacial score (nSPS) is 20.8. The van der Waals surface area contributed by atoms with E-state index in [0.717, 1.165) is 34.4 Å². The first-order valence-corrected chi connectivity index (χ1v) is 11.0. The van der Waals surface area contributed by atoms with Crippen molar-refractivity contribution in [2.75, 3.05) is 6.61 Å². The Labute approximate surface area is 190 Å². The van der Waals surface area contributed by atoms with Gasteiger partial charge in [-0.15, -0.1) is 0 Å². The highest BCUT2D eigenvalue weighted by Crippen LogP contribution is 2.56. The Kier molecular flexibility index (Phi) is 5.04. The minimum atomic E-state index is -1.36. The molecule has 6 heteroatoms. The van der Waals surface area contributed by atoms with Crippen molar-refractivity contribution in [2.45, 2.75) is 38.3 Å². The van der Waals surface area contributed by atoms with Crippen molar-refractivity contribution in [2.24, 2.45) is 0 Å². The summed E-state index contributed by atoms with van der Waals surface area (Å²) in [4.78, 5) is 29.0. The van der Waals surface area contributed by atoms with Gasteiger partial charge in [0, 0.05) is 12.1 Å². The second kappa shape index (κ2) is 7.80. The van der Waals surface area contributed by atoms with Gasteiger partial charge in [-0.1, -0.05) is 54.1 Å². The first-order valence-electron chi connectivity index (χ1n) is 11.0. The standard InChI is InChI=1S/C27H23F2NO3/c1-3-33-26(32)27-14-18-11-16(2)9-10-19(18)24(27)30(15-17-7-5-4-6-8-17)25(31)20-12-22(28)23(29)13-21(20)27/h4-13,24H,3,14-15H2,1-2H3/t24-,27+/m1/s1. The maximum Gasteiger partial charge on any atom is 0.319 e. The SMILES string of the molecule is CCOC(=O)[C@]12Cc3cc(C)ccc3[C@H]1N(Cc1ccccc1)C(=O)c1cc(F)c(F)cc12. The molecule has 3 aromatic carbocycles. The van der Waals surface area contributed by atoms with E-state index in [0.29, 0.717) is 0 Å². The van der Waals surface area contributed by atoms with Crippen LogP contribution in [0.3, 0.4) is 0 Å². The zero-order valence-electron chi connectivity index (χ0n) is 18.4. The van der Waals surface area contributed by atoms with Crippen LogP contribution in [0.25, 0.3) is 0 Å². The molecule has 33 heavy (non-hydrogen) atoms. The fourth-order valence-corrected chi connectivity index (χ4v) is 5.36. The monoisotopic (exact) mass is 447 g/mol. The van der Waals surface area contributed by atoms with Crippen LogP contribution in [-0.4, -0.2) is 23.4 Å². The fourth-order valence-electron chi connectivity index (χ4n) is 5.36. The van der Waals surface area contributed by atoms with Gasteiger partial charge in [0.15, 0.2) is 11.6 Å². The van der Waals surface area contributed by atoms with E-state index in [1.54, 1.807) is 11.8 Å². The summed E-state index contributed by atoms with van der Waals surface area (Å²) in [7, 11) is 0. The molecule has 5 rings (SSSR count). The van der Waals surface area contributed by atoms with Crippen molar-refractivity contribution >= 4 is 11.9 Å². The summed E-state index contributed by atoms with van der Waals surface area (Å²) in [5.74, 6) is -3.19. The number of amides is 1. The lowest BCUT2D eigenvalue weighted by Gasteiger charge is -2.45. The lowest BCUT2D eigenvalue weighted by Crippen LogP contribution is -2.54. The molecule has 0 radical (unpaired) electrons. The van der Waals surface area contributed by atoms with E-state index in [4.69, 9.17) is 4.74 Å². The molecule has 0 fully saturated rings. The van der Waals surface area contributed by atoms with Crippen molar-refractivity contribution in [3.63, 3.8) is 0 Å².